The predicted molar refractivity (Wildman–Crippen MR) is 155 cm³/mol. The van der Waals surface area contributed by atoms with Gasteiger partial charge in [-0.15, -0.1) is 0 Å². The van der Waals surface area contributed by atoms with E-state index in [1.807, 2.05) is 52.0 Å². The number of aromatic nitrogens is 1. The number of nitro benzene ring substituents is 1. The minimum absolute atomic E-state index is 0.0191. The van der Waals surface area contributed by atoms with E-state index in [4.69, 9.17) is 0 Å². The summed E-state index contributed by atoms with van der Waals surface area (Å²) in [6.07, 6.45) is 1.51. The monoisotopic (exact) mass is 559 g/mol. The smallest absolute Gasteiger partial charge is 0.271 e. The summed E-state index contributed by atoms with van der Waals surface area (Å²) in [6.45, 7) is 7.40. The number of aryl methyl sites for hydroxylation is 3. The second-order valence-electron chi connectivity index (χ2n) is 9.30. The molecular formula is C29H29N5O5S. The molecule has 0 unspecified atom stereocenters. The molecule has 0 fully saturated rings. The highest BCUT2D eigenvalue weighted by Gasteiger charge is 2.28. The molecule has 1 N–H and O–H groups in total. The molecule has 0 aliphatic carbocycles. The van der Waals surface area contributed by atoms with Crippen molar-refractivity contribution < 1.29 is 18.1 Å². The molecule has 0 atom stereocenters. The van der Waals surface area contributed by atoms with Crippen LogP contribution in [0, 0.1) is 37.8 Å². The molecule has 0 aliphatic heterocycles. The molecule has 0 bridgehead atoms. The zero-order chi connectivity index (χ0) is 29.0. The van der Waals surface area contributed by atoms with Crippen LogP contribution in [0.4, 0.5) is 11.4 Å². The summed E-state index contributed by atoms with van der Waals surface area (Å²) in [6, 6.07) is 20.7. The molecule has 40 heavy (non-hydrogen) atoms. The summed E-state index contributed by atoms with van der Waals surface area (Å²) in [4.78, 5) is 23.5. The van der Waals surface area contributed by atoms with Gasteiger partial charge in [-0.2, -0.15) is 5.10 Å². The Labute approximate surface area is 232 Å². The van der Waals surface area contributed by atoms with Crippen LogP contribution in [-0.4, -0.2) is 36.6 Å². The van der Waals surface area contributed by atoms with Crippen LogP contribution < -0.4 is 9.73 Å². The lowest BCUT2D eigenvalue weighted by molar-refractivity contribution is -0.384. The van der Waals surface area contributed by atoms with E-state index >= 15 is 0 Å². The fourth-order valence-corrected chi connectivity index (χ4v) is 5.99. The molecule has 4 aromatic rings. The third kappa shape index (κ3) is 5.79. The van der Waals surface area contributed by atoms with Gasteiger partial charge >= 0.3 is 0 Å². The van der Waals surface area contributed by atoms with Crippen LogP contribution in [0.5, 0.6) is 0 Å². The molecular weight excluding hydrogens is 530 g/mol. The highest BCUT2D eigenvalue weighted by Crippen LogP contribution is 2.27. The van der Waals surface area contributed by atoms with Crippen molar-refractivity contribution >= 4 is 33.5 Å². The van der Waals surface area contributed by atoms with E-state index in [9.17, 15) is 23.3 Å². The molecule has 0 aliphatic rings. The van der Waals surface area contributed by atoms with Crippen molar-refractivity contribution in [2.75, 3.05) is 10.8 Å². The number of rotatable bonds is 9. The van der Waals surface area contributed by atoms with Gasteiger partial charge in [0.25, 0.3) is 21.6 Å². The number of nitrogens with one attached hydrogen (secondary N) is 1. The number of hydrogen-bond donors (Lipinski definition) is 1. The standard InChI is InChI=1S/C29H29N5O5S/c1-20-10-8-11-21(2)29(20)33-22(3)16-24(23(33)4)18-30-31-28(35)19-32(25-12-9-13-26(17-25)34(36)37)40(38,39)27-14-6-5-7-15-27/h5-18H,19H2,1-4H3,(H,31,35)/b30-18-. The maximum Gasteiger partial charge on any atom is 0.271 e. The number of para-hydroxylation sites is 1. The van der Waals surface area contributed by atoms with E-state index in [0.29, 0.717) is 0 Å². The Morgan fingerprint density at radius 1 is 0.975 bits per heavy atom. The lowest BCUT2D eigenvalue weighted by atomic mass is 10.1. The number of carbonyl (C=O) groups is 1. The van der Waals surface area contributed by atoms with Crippen LogP contribution in [0.3, 0.4) is 0 Å². The minimum atomic E-state index is -4.22. The predicted octanol–water partition coefficient (Wildman–Crippen LogP) is 4.96. The zero-order valence-corrected chi connectivity index (χ0v) is 23.3. The van der Waals surface area contributed by atoms with Crippen LogP contribution in [-0.2, 0) is 14.8 Å². The Morgan fingerprint density at radius 2 is 1.62 bits per heavy atom. The number of non-ortho nitro benzene ring substituents is 1. The van der Waals surface area contributed by atoms with Crippen molar-refractivity contribution in [1.29, 1.82) is 0 Å². The van der Waals surface area contributed by atoms with Crippen LogP contribution in [0.2, 0.25) is 0 Å². The number of carbonyl (C=O) groups excluding carboxylic acids is 1. The van der Waals surface area contributed by atoms with Crippen LogP contribution in [0.15, 0.2) is 88.9 Å². The SMILES string of the molecule is Cc1cccc(C)c1-n1c(C)cc(/C=N\NC(=O)CN(c2cccc([N+](=O)[O-])c2)S(=O)(=O)c2ccccc2)c1C. The highest BCUT2D eigenvalue weighted by atomic mass is 32.2. The maximum atomic E-state index is 13.5. The summed E-state index contributed by atoms with van der Waals surface area (Å²) in [7, 11) is -4.22. The van der Waals surface area contributed by atoms with Crippen molar-refractivity contribution in [1.82, 2.24) is 9.99 Å². The molecule has 0 spiro atoms. The van der Waals surface area contributed by atoms with E-state index in [1.54, 1.807) is 18.2 Å². The molecule has 11 heteroatoms. The quantitative estimate of drug-likeness (QED) is 0.176. The molecule has 3 aromatic carbocycles. The molecule has 1 amide bonds. The number of sulfonamides is 1. The van der Waals surface area contributed by atoms with E-state index in [2.05, 4.69) is 15.1 Å². The first-order valence-electron chi connectivity index (χ1n) is 12.4. The van der Waals surface area contributed by atoms with E-state index in [0.717, 1.165) is 44.1 Å². The van der Waals surface area contributed by atoms with Gasteiger partial charge in [-0.25, -0.2) is 13.8 Å². The van der Waals surface area contributed by atoms with E-state index < -0.39 is 27.4 Å². The number of benzene rings is 3. The van der Waals surface area contributed by atoms with E-state index in [1.165, 1.54) is 36.5 Å². The van der Waals surface area contributed by atoms with Crippen molar-refractivity contribution in [3.63, 3.8) is 0 Å². The van der Waals surface area contributed by atoms with Crippen LogP contribution in [0.25, 0.3) is 5.69 Å². The minimum Gasteiger partial charge on any atom is -0.317 e. The summed E-state index contributed by atoms with van der Waals surface area (Å²) < 4.78 is 29.9. The Morgan fingerprint density at radius 3 is 2.27 bits per heavy atom. The van der Waals surface area contributed by atoms with Crippen molar-refractivity contribution in [3.05, 3.63) is 117 Å². The Bertz CT molecular complexity index is 1690. The van der Waals surface area contributed by atoms with Crippen LogP contribution in [0.1, 0.15) is 28.1 Å². The van der Waals surface area contributed by atoms with Gasteiger partial charge in [-0.3, -0.25) is 19.2 Å². The fraction of sp³-hybridized carbons (Fsp3) is 0.172. The zero-order valence-electron chi connectivity index (χ0n) is 22.5. The highest BCUT2D eigenvalue weighted by molar-refractivity contribution is 7.92. The average molecular weight is 560 g/mol. The largest absolute Gasteiger partial charge is 0.317 e. The van der Waals surface area contributed by atoms with Gasteiger partial charge in [-0.05, 0) is 63.1 Å². The van der Waals surface area contributed by atoms with Gasteiger partial charge in [0.15, 0.2) is 0 Å². The molecule has 0 saturated heterocycles. The summed E-state index contributed by atoms with van der Waals surface area (Å²) >= 11 is 0. The third-order valence-corrected chi connectivity index (χ3v) is 8.26. The Hall–Kier alpha value is -4.77. The molecule has 1 heterocycles. The fourth-order valence-electron chi connectivity index (χ4n) is 4.56. The molecule has 206 valence electrons. The number of nitrogens with zero attached hydrogens (tertiary/aromatic N) is 4. The number of amides is 1. The van der Waals surface area contributed by atoms with Gasteiger partial charge in [-0.1, -0.05) is 42.5 Å². The Kier molecular flexibility index (Phi) is 8.15. The van der Waals surface area contributed by atoms with Crippen molar-refractivity contribution in [3.8, 4) is 5.69 Å². The first-order valence-corrected chi connectivity index (χ1v) is 13.8. The first-order chi connectivity index (χ1) is 19.0. The number of hydrazone groups is 1. The first kappa shape index (κ1) is 28.2. The normalized spacial score (nSPS) is 11.5. The average Bonchev–Trinajstić information content (AvgIpc) is 3.20. The lowest BCUT2D eigenvalue weighted by Crippen LogP contribution is -2.39. The topological polar surface area (TPSA) is 127 Å². The summed E-state index contributed by atoms with van der Waals surface area (Å²) in [5.41, 5.74) is 8.11. The second-order valence-corrected chi connectivity index (χ2v) is 11.2. The van der Waals surface area contributed by atoms with Gasteiger partial charge in [0.1, 0.15) is 6.54 Å². The molecule has 4 rings (SSSR count). The third-order valence-electron chi connectivity index (χ3n) is 6.47. The molecule has 0 radical (unpaired) electrons. The van der Waals surface area contributed by atoms with Gasteiger partial charge in [0, 0.05) is 29.1 Å². The summed E-state index contributed by atoms with van der Waals surface area (Å²) in [5.74, 6) is -0.717. The molecule has 1 aromatic heterocycles. The summed E-state index contributed by atoms with van der Waals surface area (Å²) in [5, 5.41) is 15.4. The van der Waals surface area contributed by atoms with Crippen molar-refractivity contribution in [2.24, 2.45) is 5.10 Å². The number of nitro groups is 1. The number of anilines is 1. The van der Waals surface area contributed by atoms with Gasteiger partial charge in [0.05, 0.1) is 27.4 Å². The van der Waals surface area contributed by atoms with E-state index in [-0.39, 0.29) is 16.3 Å². The Balaban J connectivity index is 1.59. The molecule has 10 nitrogen and oxygen atoms in total. The van der Waals surface area contributed by atoms with Crippen LogP contribution >= 0.6 is 0 Å². The second kappa shape index (κ2) is 11.5. The lowest BCUT2D eigenvalue weighted by Gasteiger charge is -2.23. The van der Waals surface area contributed by atoms with Gasteiger partial charge < -0.3 is 4.57 Å². The number of hydrogen-bond acceptors (Lipinski definition) is 6. The maximum absolute atomic E-state index is 13.5. The molecule has 0 saturated carbocycles. The van der Waals surface area contributed by atoms with Gasteiger partial charge in [0.2, 0.25) is 0 Å². The van der Waals surface area contributed by atoms with Crippen molar-refractivity contribution in [2.45, 2.75) is 32.6 Å².